The molecule has 1 aromatic rings. The van der Waals surface area contributed by atoms with E-state index in [9.17, 15) is 10.4 Å². The number of anilines is 1. The Morgan fingerprint density at radius 3 is 2.67 bits per heavy atom. The molecule has 1 aromatic heterocycles. The van der Waals surface area contributed by atoms with E-state index in [2.05, 4.69) is 21.2 Å². The van der Waals surface area contributed by atoms with E-state index in [4.69, 9.17) is 0 Å². The molecule has 21 heavy (non-hydrogen) atoms. The molecule has 1 aliphatic rings. The maximum absolute atomic E-state index is 9.67. The summed E-state index contributed by atoms with van der Waals surface area (Å²) in [5.41, 5.74) is 2.56. The third-order valence-electron chi connectivity index (χ3n) is 4.30. The molecule has 0 aromatic carbocycles. The summed E-state index contributed by atoms with van der Waals surface area (Å²) in [4.78, 5) is 2.09. The van der Waals surface area contributed by atoms with Crippen LogP contribution in [0.1, 0.15) is 56.4 Å². The molecule has 1 fully saturated rings. The number of aliphatic hydroxyl groups is 1. The van der Waals surface area contributed by atoms with E-state index >= 15 is 0 Å². The lowest BCUT2D eigenvalue weighted by molar-refractivity contribution is 0.254. The van der Waals surface area contributed by atoms with Gasteiger partial charge in [-0.1, -0.05) is 26.7 Å². The summed E-state index contributed by atoms with van der Waals surface area (Å²) >= 11 is 0. The van der Waals surface area contributed by atoms with Crippen molar-refractivity contribution in [2.24, 2.45) is 0 Å². The Bertz CT molecular complexity index is 524. The number of rotatable bonds is 4. The van der Waals surface area contributed by atoms with Crippen LogP contribution in [0.2, 0.25) is 0 Å². The molecule has 1 N–H and O–H groups in total. The number of hydrogen-bond donors (Lipinski definition) is 1. The zero-order valence-corrected chi connectivity index (χ0v) is 13.0. The summed E-state index contributed by atoms with van der Waals surface area (Å²) in [5.74, 6) is 0.660. The minimum atomic E-state index is 0.0473. The van der Waals surface area contributed by atoms with Crippen molar-refractivity contribution < 1.29 is 5.11 Å². The van der Waals surface area contributed by atoms with Crippen molar-refractivity contribution in [1.82, 2.24) is 10.2 Å². The van der Waals surface area contributed by atoms with Gasteiger partial charge >= 0.3 is 0 Å². The van der Waals surface area contributed by atoms with Crippen LogP contribution >= 0.6 is 0 Å². The molecule has 0 bridgehead atoms. The fourth-order valence-corrected chi connectivity index (χ4v) is 3.13. The number of aromatic nitrogens is 2. The van der Waals surface area contributed by atoms with Gasteiger partial charge in [0, 0.05) is 6.54 Å². The molecule has 5 nitrogen and oxygen atoms in total. The lowest BCUT2D eigenvalue weighted by Gasteiger charge is -2.30. The molecule has 0 amide bonds. The van der Waals surface area contributed by atoms with Gasteiger partial charge in [-0.25, -0.2) is 0 Å². The van der Waals surface area contributed by atoms with Crippen LogP contribution in [0.5, 0.6) is 0 Å². The molecule has 5 heteroatoms. The first kappa shape index (κ1) is 15.7. The van der Waals surface area contributed by atoms with Crippen LogP contribution in [0.4, 0.5) is 5.82 Å². The minimum Gasteiger partial charge on any atom is -0.394 e. The van der Waals surface area contributed by atoms with Gasteiger partial charge in [-0.3, -0.25) is 0 Å². The SMILES string of the molecule is CCc1nnc(N2CCCCCC2CO)c(C#N)c1CC. The monoisotopic (exact) mass is 288 g/mol. The largest absolute Gasteiger partial charge is 0.394 e. The van der Waals surface area contributed by atoms with Gasteiger partial charge in [0.05, 0.1) is 18.3 Å². The van der Waals surface area contributed by atoms with E-state index in [1.54, 1.807) is 0 Å². The van der Waals surface area contributed by atoms with Crippen molar-refractivity contribution in [1.29, 1.82) is 5.26 Å². The summed E-state index contributed by atoms with van der Waals surface area (Å²) in [6.45, 7) is 5.02. The Balaban J connectivity index is 2.49. The summed E-state index contributed by atoms with van der Waals surface area (Å²) in [5, 5.41) is 27.9. The highest BCUT2D eigenvalue weighted by Gasteiger charge is 2.26. The van der Waals surface area contributed by atoms with Gasteiger partial charge in [-0.2, -0.15) is 10.4 Å². The first-order valence-corrected chi connectivity index (χ1v) is 7.92. The highest BCUT2D eigenvalue weighted by molar-refractivity contribution is 5.58. The van der Waals surface area contributed by atoms with E-state index in [-0.39, 0.29) is 12.6 Å². The van der Waals surface area contributed by atoms with Crippen LogP contribution in [0, 0.1) is 11.3 Å². The summed E-state index contributed by atoms with van der Waals surface area (Å²) in [7, 11) is 0. The lowest BCUT2D eigenvalue weighted by atomic mass is 10.0. The van der Waals surface area contributed by atoms with Crippen molar-refractivity contribution in [2.75, 3.05) is 18.1 Å². The fraction of sp³-hybridized carbons (Fsp3) is 0.688. The second-order valence-corrected chi connectivity index (χ2v) is 5.52. The molecule has 0 saturated carbocycles. The molecule has 2 rings (SSSR count). The second-order valence-electron chi connectivity index (χ2n) is 5.52. The van der Waals surface area contributed by atoms with Gasteiger partial charge in [0.1, 0.15) is 11.6 Å². The van der Waals surface area contributed by atoms with Gasteiger partial charge < -0.3 is 10.0 Å². The Kier molecular flexibility index (Phi) is 5.51. The molecule has 0 aliphatic carbocycles. The maximum Gasteiger partial charge on any atom is 0.169 e. The topological polar surface area (TPSA) is 73.0 Å². The fourth-order valence-electron chi connectivity index (χ4n) is 3.13. The average Bonchev–Trinajstić information content (AvgIpc) is 2.78. The molecule has 114 valence electrons. The number of aryl methyl sites for hydroxylation is 1. The van der Waals surface area contributed by atoms with Gasteiger partial charge in [-0.05, 0) is 31.2 Å². The Labute approximate surface area is 126 Å². The van der Waals surface area contributed by atoms with E-state index in [1.807, 2.05) is 13.8 Å². The molecule has 0 spiro atoms. The lowest BCUT2D eigenvalue weighted by Crippen LogP contribution is -2.39. The van der Waals surface area contributed by atoms with Gasteiger partial charge in [0.25, 0.3) is 0 Å². The van der Waals surface area contributed by atoms with E-state index < -0.39 is 0 Å². The van der Waals surface area contributed by atoms with Crippen molar-refractivity contribution in [3.05, 3.63) is 16.8 Å². The first-order chi connectivity index (χ1) is 10.3. The Hall–Kier alpha value is -1.67. The number of aliphatic hydroxyl groups excluding tert-OH is 1. The Morgan fingerprint density at radius 1 is 1.24 bits per heavy atom. The van der Waals surface area contributed by atoms with Gasteiger partial charge in [0.2, 0.25) is 0 Å². The molecule has 0 radical (unpaired) electrons. The van der Waals surface area contributed by atoms with Crippen LogP contribution < -0.4 is 4.90 Å². The van der Waals surface area contributed by atoms with Crippen LogP contribution in [0.25, 0.3) is 0 Å². The molecule has 2 heterocycles. The average molecular weight is 288 g/mol. The smallest absolute Gasteiger partial charge is 0.169 e. The number of nitriles is 1. The van der Waals surface area contributed by atoms with Crippen molar-refractivity contribution in [3.63, 3.8) is 0 Å². The van der Waals surface area contributed by atoms with Gasteiger partial charge in [-0.15, -0.1) is 5.10 Å². The number of nitrogens with zero attached hydrogens (tertiary/aromatic N) is 4. The zero-order valence-electron chi connectivity index (χ0n) is 13.0. The van der Waals surface area contributed by atoms with Crippen LogP contribution in [0.3, 0.4) is 0 Å². The predicted octanol–water partition coefficient (Wildman–Crippen LogP) is 2.21. The highest BCUT2D eigenvalue weighted by atomic mass is 16.3. The van der Waals surface area contributed by atoms with Crippen molar-refractivity contribution in [2.45, 2.75) is 58.4 Å². The van der Waals surface area contributed by atoms with E-state index in [0.29, 0.717) is 11.4 Å². The van der Waals surface area contributed by atoms with Crippen LogP contribution in [0.15, 0.2) is 0 Å². The second kappa shape index (κ2) is 7.37. The highest BCUT2D eigenvalue weighted by Crippen LogP contribution is 2.28. The normalized spacial score (nSPS) is 19.1. The van der Waals surface area contributed by atoms with Crippen LogP contribution in [-0.4, -0.2) is 34.5 Å². The quantitative estimate of drug-likeness (QED) is 0.919. The predicted molar refractivity (Wildman–Crippen MR) is 82.2 cm³/mol. The molecule has 1 unspecified atom stereocenters. The molecule has 1 aliphatic heterocycles. The molecule has 1 saturated heterocycles. The Morgan fingerprint density at radius 2 is 2.05 bits per heavy atom. The van der Waals surface area contributed by atoms with Gasteiger partial charge in [0.15, 0.2) is 5.82 Å². The third-order valence-corrected chi connectivity index (χ3v) is 4.30. The maximum atomic E-state index is 9.67. The summed E-state index contributed by atoms with van der Waals surface area (Å²) in [6.07, 6.45) is 5.86. The first-order valence-electron chi connectivity index (χ1n) is 7.92. The molecular weight excluding hydrogens is 264 g/mol. The van der Waals surface area contributed by atoms with Crippen molar-refractivity contribution >= 4 is 5.82 Å². The third kappa shape index (κ3) is 3.16. The van der Waals surface area contributed by atoms with E-state index in [0.717, 1.165) is 56.3 Å². The van der Waals surface area contributed by atoms with Crippen LogP contribution in [-0.2, 0) is 12.8 Å². The van der Waals surface area contributed by atoms with E-state index in [1.165, 1.54) is 0 Å². The summed E-state index contributed by atoms with van der Waals surface area (Å²) < 4.78 is 0. The van der Waals surface area contributed by atoms with Crippen molar-refractivity contribution in [3.8, 4) is 6.07 Å². The molecule has 1 atom stereocenters. The molecular formula is C16H24N4O. The standard InChI is InChI=1S/C16H24N4O/c1-3-13-14(10-17)16(19-18-15(13)4-2)20-9-7-5-6-8-12(20)11-21/h12,21H,3-9,11H2,1-2H3. The zero-order chi connectivity index (χ0) is 15.2. The summed E-state index contributed by atoms with van der Waals surface area (Å²) in [6, 6.07) is 2.37. The minimum absolute atomic E-state index is 0.0473. The number of hydrogen-bond acceptors (Lipinski definition) is 5.